The molecule has 0 saturated carbocycles. The number of allylic oxidation sites excluding steroid dienone is 1. The number of amides is 2. The van der Waals surface area contributed by atoms with Gasteiger partial charge in [-0.1, -0.05) is 5.16 Å². The van der Waals surface area contributed by atoms with E-state index in [4.69, 9.17) is 10.3 Å². The van der Waals surface area contributed by atoms with Crippen molar-refractivity contribution in [2.75, 3.05) is 33.1 Å². The average Bonchev–Trinajstić information content (AvgIpc) is 3.45. The molecule has 1 unspecified atom stereocenters. The minimum atomic E-state index is -2.73. The number of rotatable bonds is 6. The molecule has 0 spiro atoms. The maximum atomic E-state index is 14.1. The normalized spacial score (nSPS) is 25.2. The number of nitrogens with one attached hydrogen (secondary N) is 1. The lowest BCUT2D eigenvalue weighted by Gasteiger charge is -2.50. The first kappa shape index (κ1) is 28.8. The standard InChI is InChI=1S/C28H31N5O9/c1-32(2)15-9-12(10-30-27(40)16-5-6-31-42-16)21(34)18-13(15)7-11-8-14-20(33(3)4)23(36)19(26(29)39)25(38)28(14,41)24(37)17(11)22(18)35/h5-6,9,11,14,20,34,36-37,41H,7-8,10H2,1-4H3,(H2,29,39)(H,30,40)/t11-,14-,20?,28-/m1/s1. The number of carbonyl (C=O) groups excluding carboxylic acids is 4. The number of aliphatic hydroxyl groups excluding tert-OH is 2. The predicted octanol–water partition coefficient (Wildman–Crippen LogP) is 0.105. The number of aromatic nitrogens is 1. The zero-order valence-electron chi connectivity index (χ0n) is 23.3. The molecule has 3 aliphatic carbocycles. The van der Waals surface area contributed by atoms with Crippen LogP contribution in [0.1, 0.15) is 38.5 Å². The molecule has 0 saturated heterocycles. The smallest absolute Gasteiger partial charge is 0.290 e. The first-order valence-electron chi connectivity index (χ1n) is 13.1. The number of nitrogens with zero attached hydrogens (tertiary/aromatic N) is 3. The summed E-state index contributed by atoms with van der Waals surface area (Å²) in [4.78, 5) is 55.3. The highest BCUT2D eigenvalue weighted by atomic mass is 16.5. The zero-order chi connectivity index (χ0) is 30.8. The van der Waals surface area contributed by atoms with E-state index in [0.717, 1.165) is 0 Å². The fourth-order valence-corrected chi connectivity index (χ4v) is 6.48. The summed E-state index contributed by atoms with van der Waals surface area (Å²) in [7, 11) is 6.62. The Bertz CT molecular complexity index is 1590. The zero-order valence-corrected chi connectivity index (χ0v) is 23.3. The number of ketones is 2. The van der Waals surface area contributed by atoms with E-state index in [9.17, 15) is 39.6 Å². The maximum Gasteiger partial charge on any atom is 0.290 e. The molecule has 1 aromatic carbocycles. The van der Waals surface area contributed by atoms with Crippen molar-refractivity contribution in [3.8, 4) is 5.75 Å². The number of fused-ring (bicyclic) bond motifs is 3. The summed E-state index contributed by atoms with van der Waals surface area (Å²) in [6.45, 7) is -0.192. The van der Waals surface area contributed by atoms with Crippen molar-refractivity contribution in [3.63, 3.8) is 0 Å². The Hall–Kier alpha value is -4.69. The molecule has 0 bridgehead atoms. The Labute approximate surface area is 239 Å². The number of carbonyl (C=O) groups is 4. The predicted molar refractivity (Wildman–Crippen MR) is 146 cm³/mol. The molecular formula is C28H31N5O9. The van der Waals surface area contributed by atoms with Crippen LogP contribution in [0.5, 0.6) is 5.75 Å². The first-order chi connectivity index (χ1) is 19.7. The Morgan fingerprint density at radius 3 is 2.45 bits per heavy atom. The summed E-state index contributed by atoms with van der Waals surface area (Å²) in [5, 5.41) is 51.5. The van der Waals surface area contributed by atoms with Gasteiger partial charge >= 0.3 is 0 Å². The summed E-state index contributed by atoms with van der Waals surface area (Å²) < 4.78 is 4.84. The van der Waals surface area contributed by atoms with Crippen LogP contribution in [0.3, 0.4) is 0 Å². The summed E-state index contributed by atoms with van der Waals surface area (Å²) in [6, 6.07) is 1.92. The highest BCUT2D eigenvalue weighted by Gasteiger charge is 2.63. The van der Waals surface area contributed by atoms with Crippen LogP contribution in [0.25, 0.3) is 0 Å². The van der Waals surface area contributed by atoms with Crippen LogP contribution in [0.2, 0.25) is 0 Å². The van der Waals surface area contributed by atoms with Crippen molar-refractivity contribution in [2.24, 2.45) is 17.6 Å². The molecule has 5 rings (SSSR count). The SMILES string of the molecule is CN(C)c1cc(CNC(=O)c2ccno2)c(O)c2c1C[C@@H]1C[C@@H]3C(N(C)C)C(O)=C(C(N)=O)C(=O)[C@]3(O)C(O)=C1C2=O. The number of hydrogen-bond acceptors (Lipinski definition) is 12. The van der Waals surface area contributed by atoms with Crippen LogP contribution in [-0.4, -0.2) is 93.7 Å². The number of primary amides is 1. The molecule has 2 aromatic rings. The third-order valence-corrected chi connectivity index (χ3v) is 8.36. The van der Waals surface area contributed by atoms with Gasteiger partial charge in [0.15, 0.2) is 11.4 Å². The average molecular weight is 582 g/mol. The number of hydrogen-bond donors (Lipinski definition) is 6. The lowest BCUT2D eigenvalue weighted by molar-refractivity contribution is -0.148. The Morgan fingerprint density at radius 1 is 1.19 bits per heavy atom. The van der Waals surface area contributed by atoms with Crippen LogP contribution < -0.4 is 16.0 Å². The molecule has 4 atom stereocenters. The minimum absolute atomic E-state index is 0.0195. The first-order valence-corrected chi connectivity index (χ1v) is 13.1. The van der Waals surface area contributed by atoms with E-state index in [0.29, 0.717) is 11.3 Å². The number of phenolic OH excluding ortho intramolecular Hbond substituents is 1. The molecule has 14 nitrogen and oxygen atoms in total. The molecule has 42 heavy (non-hydrogen) atoms. The van der Waals surface area contributed by atoms with E-state index in [-0.39, 0.29) is 41.8 Å². The Balaban J connectivity index is 1.64. The van der Waals surface area contributed by atoms with Gasteiger partial charge in [-0.2, -0.15) is 0 Å². The number of aliphatic hydroxyl groups is 3. The van der Waals surface area contributed by atoms with Gasteiger partial charge in [0.05, 0.1) is 17.8 Å². The summed E-state index contributed by atoms with van der Waals surface area (Å²) in [5.74, 6) is -7.91. The number of nitrogens with two attached hydrogens (primary N) is 1. The van der Waals surface area contributed by atoms with Gasteiger partial charge in [0.1, 0.15) is 22.8 Å². The summed E-state index contributed by atoms with van der Waals surface area (Å²) in [6.07, 6.45) is 1.42. The monoisotopic (exact) mass is 581 g/mol. The van der Waals surface area contributed by atoms with Crippen LogP contribution >= 0.6 is 0 Å². The molecule has 0 aliphatic heterocycles. The van der Waals surface area contributed by atoms with E-state index < -0.39 is 69.7 Å². The minimum Gasteiger partial charge on any atom is -0.510 e. The van der Waals surface area contributed by atoms with Crippen molar-refractivity contribution in [1.82, 2.24) is 15.4 Å². The molecular weight excluding hydrogens is 550 g/mol. The molecule has 7 N–H and O–H groups in total. The third kappa shape index (κ3) is 4.05. The second kappa shape index (κ2) is 9.99. The van der Waals surface area contributed by atoms with E-state index >= 15 is 0 Å². The number of anilines is 1. The molecule has 2 amide bonds. The Kier molecular flexibility index (Phi) is 6.86. The van der Waals surface area contributed by atoms with Gasteiger partial charge in [-0.25, -0.2) is 0 Å². The van der Waals surface area contributed by atoms with E-state index in [1.807, 2.05) is 0 Å². The fourth-order valence-electron chi connectivity index (χ4n) is 6.48. The van der Waals surface area contributed by atoms with Gasteiger partial charge in [0.2, 0.25) is 11.5 Å². The summed E-state index contributed by atoms with van der Waals surface area (Å²) >= 11 is 0. The van der Waals surface area contributed by atoms with Crippen molar-refractivity contribution < 1.29 is 44.1 Å². The van der Waals surface area contributed by atoms with Gasteiger partial charge in [-0.15, -0.1) is 0 Å². The molecule has 1 heterocycles. The van der Waals surface area contributed by atoms with Crippen LogP contribution in [0.4, 0.5) is 5.69 Å². The quantitative estimate of drug-likeness (QED) is 0.250. The third-order valence-electron chi connectivity index (χ3n) is 8.36. The summed E-state index contributed by atoms with van der Waals surface area (Å²) in [5.41, 5.74) is 2.60. The molecule has 222 valence electrons. The number of phenols is 1. The molecule has 3 aliphatic rings. The second-order valence-corrected chi connectivity index (χ2v) is 11.2. The number of likely N-dealkylation sites (N-methyl/N-ethyl adjacent to an activating group) is 1. The van der Waals surface area contributed by atoms with Gasteiger partial charge < -0.3 is 40.9 Å². The number of benzene rings is 1. The highest BCUT2D eigenvalue weighted by molar-refractivity contribution is 6.25. The second-order valence-electron chi connectivity index (χ2n) is 11.2. The lowest BCUT2D eigenvalue weighted by atomic mass is 9.58. The van der Waals surface area contributed by atoms with Crippen LogP contribution in [0, 0.1) is 11.8 Å². The maximum absolute atomic E-state index is 14.1. The van der Waals surface area contributed by atoms with Gasteiger partial charge in [0.25, 0.3) is 11.8 Å². The lowest BCUT2D eigenvalue weighted by Crippen LogP contribution is -2.63. The molecule has 14 heteroatoms. The number of Topliss-reactive ketones (excluding diaryl/α,β-unsaturated/α-hetero) is 2. The fraction of sp³-hybridized carbons (Fsp3) is 0.393. The van der Waals surface area contributed by atoms with Crippen molar-refractivity contribution in [2.45, 2.75) is 31.0 Å². The molecule has 0 radical (unpaired) electrons. The number of aromatic hydroxyl groups is 1. The van der Waals surface area contributed by atoms with Crippen molar-refractivity contribution in [3.05, 3.63) is 63.4 Å². The largest absolute Gasteiger partial charge is 0.510 e. The Morgan fingerprint density at radius 2 is 1.88 bits per heavy atom. The van der Waals surface area contributed by atoms with Gasteiger partial charge in [-0.3, -0.25) is 24.1 Å². The highest BCUT2D eigenvalue weighted by Crippen LogP contribution is 2.53. The molecule has 0 fully saturated rings. The van der Waals surface area contributed by atoms with Gasteiger partial charge in [0, 0.05) is 49.4 Å². The van der Waals surface area contributed by atoms with Crippen LogP contribution in [-0.2, 0) is 22.6 Å². The van der Waals surface area contributed by atoms with Crippen LogP contribution in [0.15, 0.2) is 45.5 Å². The van der Waals surface area contributed by atoms with E-state index in [2.05, 4.69) is 10.5 Å². The van der Waals surface area contributed by atoms with E-state index in [1.54, 1.807) is 39.2 Å². The van der Waals surface area contributed by atoms with Gasteiger partial charge in [-0.05, 0) is 44.5 Å². The van der Waals surface area contributed by atoms with Crippen molar-refractivity contribution >= 4 is 29.1 Å². The van der Waals surface area contributed by atoms with E-state index in [1.165, 1.54) is 17.2 Å². The topological polar surface area (TPSA) is 220 Å². The molecule has 1 aromatic heterocycles. The van der Waals surface area contributed by atoms with Crippen molar-refractivity contribution in [1.29, 1.82) is 0 Å².